The Balaban J connectivity index is 4.76. The summed E-state index contributed by atoms with van der Waals surface area (Å²) < 4.78 is 4.99. The van der Waals surface area contributed by atoms with Gasteiger partial charge in [0.1, 0.15) is 6.54 Å². The van der Waals surface area contributed by atoms with Crippen LogP contribution in [0.15, 0.2) is 0 Å². The lowest BCUT2D eigenvalue weighted by atomic mass is 10.2. The van der Waals surface area contributed by atoms with E-state index in [1.54, 1.807) is 21.1 Å². The quantitative estimate of drug-likeness (QED) is 0.309. The first-order valence-corrected chi connectivity index (χ1v) is 5.73. The molecule has 0 aliphatic heterocycles. The number of aliphatic carboxylic acids is 2. The Morgan fingerprint density at radius 2 is 1.65 bits per heavy atom. The van der Waals surface area contributed by atoms with E-state index >= 15 is 0 Å². The number of carboxylic acid groups (broad SMARTS) is 2. The van der Waals surface area contributed by atoms with Gasteiger partial charge in [-0.05, 0) is 0 Å². The van der Waals surface area contributed by atoms with Gasteiger partial charge < -0.3 is 34.4 Å². The summed E-state index contributed by atoms with van der Waals surface area (Å²) in [6.45, 7) is 0.107. The van der Waals surface area contributed by atoms with Crippen molar-refractivity contribution in [1.29, 1.82) is 0 Å². The Hall–Kier alpha value is -1.71. The number of quaternary nitrogens is 1. The fraction of sp³-hybridized carbons (Fsp3) is 0.727. The van der Waals surface area contributed by atoms with E-state index in [-0.39, 0.29) is 11.0 Å². The molecule has 0 bridgehead atoms. The summed E-state index contributed by atoms with van der Waals surface area (Å²) in [6, 6.07) is 0. The van der Waals surface area contributed by atoms with Gasteiger partial charge in [0, 0.05) is 12.4 Å². The number of carbonyl (C=O) groups excluding carboxylic acids is 2. The van der Waals surface area contributed by atoms with Crippen LogP contribution in [0.3, 0.4) is 0 Å². The minimum Gasteiger partial charge on any atom is -0.550 e. The monoisotopic (exact) mass is 293 g/mol. The number of ether oxygens (including phenoxy) is 1. The summed E-state index contributed by atoms with van der Waals surface area (Å²) in [5.74, 6) is -4.65. The van der Waals surface area contributed by atoms with Crippen molar-refractivity contribution < 1.29 is 44.0 Å². The van der Waals surface area contributed by atoms with E-state index in [0.29, 0.717) is 0 Å². The number of nitrogens with zero attached hydrogens (tertiary/aromatic N) is 1. The normalized spacial score (nSPS) is 16.1. The third-order valence-electron chi connectivity index (χ3n) is 2.22. The molecule has 3 N–H and O–H groups in total. The number of carboxylic acids is 2. The molecule has 9 heteroatoms. The van der Waals surface area contributed by atoms with E-state index in [1.165, 1.54) is 0 Å². The second kappa shape index (κ2) is 7.17. The molecule has 0 aromatic rings. The van der Waals surface area contributed by atoms with Crippen LogP contribution in [0.1, 0.15) is 6.42 Å². The van der Waals surface area contributed by atoms with Crippen LogP contribution < -0.4 is 5.11 Å². The number of hydrogen-bond acceptors (Lipinski definition) is 7. The number of aliphatic hydroxyl groups excluding tert-OH is 2. The van der Waals surface area contributed by atoms with Crippen molar-refractivity contribution in [2.45, 2.75) is 24.7 Å². The van der Waals surface area contributed by atoms with Crippen molar-refractivity contribution in [3.05, 3.63) is 0 Å². The van der Waals surface area contributed by atoms with Gasteiger partial charge in [-0.15, -0.1) is 0 Å². The highest BCUT2D eigenvalue weighted by Crippen LogP contribution is 2.07. The van der Waals surface area contributed by atoms with Gasteiger partial charge in [0.05, 0.1) is 21.1 Å². The molecule has 0 saturated heterocycles. The second-order valence-corrected chi connectivity index (χ2v) is 5.34. The predicted molar refractivity (Wildman–Crippen MR) is 62.1 cm³/mol. The van der Waals surface area contributed by atoms with Crippen molar-refractivity contribution in [2.75, 3.05) is 27.7 Å². The zero-order valence-electron chi connectivity index (χ0n) is 11.5. The third kappa shape index (κ3) is 7.02. The van der Waals surface area contributed by atoms with Crippen molar-refractivity contribution in [1.82, 2.24) is 0 Å². The Kier molecular flexibility index (Phi) is 6.56. The molecule has 0 aromatic heterocycles. The van der Waals surface area contributed by atoms with E-state index < -0.39 is 42.6 Å². The van der Waals surface area contributed by atoms with Crippen molar-refractivity contribution in [2.24, 2.45) is 0 Å². The number of carbonyl (C=O) groups is 3. The van der Waals surface area contributed by atoms with Crippen LogP contribution in [0.2, 0.25) is 0 Å². The molecule has 0 amide bonds. The number of hydrogen-bond donors (Lipinski definition) is 3. The lowest BCUT2D eigenvalue weighted by Gasteiger charge is -2.29. The molecule has 3 unspecified atom stereocenters. The van der Waals surface area contributed by atoms with Crippen molar-refractivity contribution in [3.8, 4) is 0 Å². The molecule has 20 heavy (non-hydrogen) atoms. The Labute approximate surface area is 115 Å². The molecule has 0 heterocycles. The minimum absolute atomic E-state index is 0.107. The SMILES string of the molecule is C[N+](C)(C)CC(CC(=O)[O-])OC(=O)C(O)C(O)C(=O)O. The lowest BCUT2D eigenvalue weighted by molar-refractivity contribution is -0.873. The first kappa shape index (κ1) is 18.3. The largest absolute Gasteiger partial charge is 0.550 e. The summed E-state index contributed by atoms with van der Waals surface area (Å²) in [7, 11) is 5.16. The topological polar surface area (TPSA) is 144 Å². The van der Waals surface area contributed by atoms with Crippen LogP contribution in [0.25, 0.3) is 0 Å². The van der Waals surface area contributed by atoms with Gasteiger partial charge in [0.15, 0.2) is 18.3 Å². The molecule has 116 valence electrons. The molecule has 0 spiro atoms. The second-order valence-electron chi connectivity index (χ2n) is 5.34. The van der Waals surface area contributed by atoms with Crippen LogP contribution in [-0.4, -0.2) is 83.7 Å². The zero-order valence-corrected chi connectivity index (χ0v) is 11.5. The summed E-state index contributed by atoms with van der Waals surface area (Å²) in [6.07, 6.45) is -6.33. The van der Waals surface area contributed by atoms with Crippen LogP contribution in [0, 0.1) is 0 Å². The molecule has 0 aliphatic rings. The maximum atomic E-state index is 11.5. The molecule has 0 fully saturated rings. The van der Waals surface area contributed by atoms with Gasteiger partial charge in [-0.1, -0.05) is 0 Å². The highest BCUT2D eigenvalue weighted by Gasteiger charge is 2.34. The Bertz CT molecular complexity index is 375. The van der Waals surface area contributed by atoms with Crippen LogP contribution in [-0.2, 0) is 19.1 Å². The average molecular weight is 293 g/mol. The number of esters is 1. The van der Waals surface area contributed by atoms with E-state index in [1.807, 2.05) is 0 Å². The molecule has 0 rings (SSSR count). The van der Waals surface area contributed by atoms with E-state index in [2.05, 4.69) is 0 Å². The van der Waals surface area contributed by atoms with Gasteiger partial charge in [-0.3, -0.25) is 0 Å². The first-order chi connectivity index (χ1) is 8.94. The molecular weight excluding hydrogens is 274 g/mol. The van der Waals surface area contributed by atoms with Gasteiger partial charge >= 0.3 is 11.9 Å². The maximum Gasteiger partial charge on any atom is 0.338 e. The predicted octanol–water partition coefficient (Wildman–Crippen LogP) is -3.45. The highest BCUT2D eigenvalue weighted by atomic mass is 16.6. The van der Waals surface area contributed by atoms with E-state index in [9.17, 15) is 24.6 Å². The van der Waals surface area contributed by atoms with Gasteiger partial charge in [-0.2, -0.15) is 0 Å². The van der Waals surface area contributed by atoms with Gasteiger partial charge in [-0.25, -0.2) is 9.59 Å². The lowest BCUT2D eigenvalue weighted by Crippen LogP contribution is -2.48. The fourth-order valence-electron chi connectivity index (χ4n) is 1.44. The summed E-state index contributed by atoms with van der Waals surface area (Å²) in [4.78, 5) is 32.4. The van der Waals surface area contributed by atoms with E-state index in [0.717, 1.165) is 0 Å². The zero-order chi connectivity index (χ0) is 16.1. The van der Waals surface area contributed by atoms with Gasteiger partial charge in [0.2, 0.25) is 0 Å². The highest BCUT2D eigenvalue weighted by molar-refractivity contribution is 5.84. The summed E-state index contributed by atoms with van der Waals surface area (Å²) >= 11 is 0. The van der Waals surface area contributed by atoms with Crippen LogP contribution >= 0.6 is 0 Å². The minimum atomic E-state index is -2.34. The molecular formula is C11H19NO8. The van der Waals surface area contributed by atoms with Crippen LogP contribution in [0.5, 0.6) is 0 Å². The molecule has 3 atom stereocenters. The van der Waals surface area contributed by atoms with Crippen molar-refractivity contribution >= 4 is 17.9 Å². The smallest absolute Gasteiger partial charge is 0.338 e. The van der Waals surface area contributed by atoms with Crippen LogP contribution in [0.4, 0.5) is 0 Å². The first-order valence-electron chi connectivity index (χ1n) is 5.73. The standard InChI is InChI=1S/C11H19NO8/c1-12(2,3)5-6(4-7(13)14)20-11(19)9(16)8(15)10(17)18/h6,8-9,15-16H,4-5H2,1-3H3,(H-,13,14,17,18). The molecule has 0 saturated carbocycles. The average Bonchev–Trinajstić information content (AvgIpc) is 2.23. The van der Waals surface area contributed by atoms with Gasteiger partial charge in [0.25, 0.3) is 0 Å². The van der Waals surface area contributed by atoms with Crippen molar-refractivity contribution in [3.63, 3.8) is 0 Å². The molecule has 0 aromatic carbocycles. The summed E-state index contributed by atoms with van der Waals surface area (Å²) in [5, 5.41) is 37.3. The number of rotatable bonds is 8. The molecule has 0 radical (unpaired) electrons. The third-order valence-corrected chi connectivity index (χ3v) is 2.22. The Morgan fingerprint density at radius 3 is 2.00 bits per heavy atom. The molecule has 0 aliphatic carbocycles. The maximum absolute atomic E-state index is 11.5. The number of aliphatic hydroxyl groups is 2. The fourth-order valence-corrected chi connectivity index (χ4v) is 1.44. The molecule has 9 nitrogen and oxygen atoms in total. The number of likely N-dealkylation sites (N-methyl/N-ethyl adjacent to an activating group) is 1. The summed E-state index contributed by atoms with van der Waals surface area (Å²) in [5.41, 5.74) is 0. The van der Waals surface area contributed by atoms with E-state index in [4.69, 9.17) is 14.9 Å². The Morgan fingerprint density at radius 1 is 1.15 bits per heavy atom.